The monoisotopic (exact) mass is 387 g/mol. The Bertz CT molecular complexity index is 495. The van der Waals surface area contributed by atoms with Crippen LogP contribution in [0.25, 0.3) is 0 Å². The number of nitrogens with zero attached hydrogens (tertiary/aromatic N) is 1. The number of carbonyl (C=O) groups is 1. The SMILES string of the molecule is Cl.Cl.O=C(NCC1CCN(CCc2ccccc2)C1)[C@H]1CCCCN1. The molecule has 2 N–H and O–H groups in total. The summed E-state index contributed by atoms with van der Waals surface area (Å²) in [6.07, 6.45) is 5.67. The van der Waals surface area contributed by atoms with Gasteiger partial charge in [-0.25, -0.2) is 0 Å². The second-order valence-corrected chi connectivity index (χ2v) is 6.94. The van der Waals surface area contributed by atoms with Gasteiger partial charge in [0.15, 0.2) is 0 Å². The highest BCUT2D eigenvalue weighted by Gasteiger charge is 2.25. The summed E-state index contributed by atoms with van der Waals surface area (Å²) in [6.45, 7) is 5.21. The van der Waals surface area contributed by atoms with Crippen molar-refractivity contribution < 1.29 is 4.79 Å². The van der Waals surface area contributed by atoms with E-state index < -0.39 is 0 Å². The topological polar surface area (TPSA) is 44.4 Å². The lowest BCUT2D eigenvalue weighted by atomic mass is 10.0. The maximum absolute atomic E-state index is 12.2. The van der Waals surface area contributed by atoms with E-state index in [4.69, 9.17) is 0 Å². The number of hydrogen-bond donors (Lipinski definition) is 2. The average Bonchev–Trinajstić information content (AvgIpc) is 3.07. The Morgan fingerprint density at radius 1 is 1.16 bits per heavy atom. The summed E-state index contributed by atoms with van der Waals surface area (Å²) in [5.41, 5.74) is 1.41. The molecule has 4 nitrogen and oxygen atoms in total. The lowest BCUT2D eigenvalue weighted by molar-refractivity contribution is -0.123. The van der Waals surface area contributed by atoms with Crippen LogP contribution in [0, 0.1) is 5.92 Å². The Labute approximate surface area is 163 Å². The van der Waals surface area contributed by atoms with Crippen molar-refractivity contribution in [1.82, 2.24) is 15.5 Å². The number of benzene rings is 1. The van der Waals surface area contributed by atoms with Crippen LogP contribution in [0.15, 0.2) is 30.3 Å². The Balaban J connectivity index is 0.00000156. The molecule has 2 aliphatic heterocycles. The Kier molecular flexibility index (Phi) is 10.4. The van der Waals surface area contributed by atoms with Crippen molar-refractivity contribution >= 4 is 30.7 Å². The maximum Gasteiger partial charge on any atom is 0.237 e. The van der Waals surface area contributed by atoms with Gasteiger partial charge in [0.25, 0.3) is 0 Å². The minimum atomic E-state index is 0. The van der Waals surface area contributed by atoms with Crippen molar-refractivity contribution in [3.8, 4) is 0 Å². The molecule has 1 aromatic rings. The molecule has 1 unspecified atom stereocenters. The molecule has 2 heterocycles. The Hall–Kier alpha value is -0.810. The fourth-order valence-corrected chi connectivity index (χ4v) is 3.66. The first-order valence-electron chi connectivity index (χ1n) is 9.08. The van der Waals surface area contributed by atoms with Crippen LogP contribution in [0.3, 0.4) is 0 Å². The van der Waals surface area contributed by atoms with Gasteiger partial charge in [0, 0.05) is 19.6 Å². The van der Waals surface area contributed by atoms with Gasteiger partial charge in [0.05, 0.1) is 6.04 Å². The van der Waals surface area contributed by atoms with Crippen LogP contribution >= 0.6 is 24.8 Å². The number of carbonyl (C=O) groups excluding carboxylic acids is 1. The van der Waals surface area contributed by atoms with Crippen molar-refractivity contribution in [3.05, 3.63) is 35.9 Å². The molecule has 25 heavy (non-hydrogen) atoms. The van der Waals surface area contributed by atoms with E-state index in [2.05, 4.69) is 45.9 Å². The molecule has 142 valence electrons. The highest BCUT2D eigenvalue weighted by Crippen LogP contribution is 2.16. The van der Waals surface area contributed by atoms with Crippen LogP contribution in [0.5, 0.6) is 0 Å². The number of amides is 1. The van der Waals surface area contributed by atoms with E-state index in [1.807, 2.05) is 0 Å². The van der Waals surface area contributed by atoms with Gasteiger partial charge >= 0.3 is 0 Å². The quantitative estimate of drug-likeness (QED) is 0.788. The van der Waals surface area contributed by atoms with E-state index >= 15 is 0 Å². The Morgan fingerprint density at radius 2 is 1.96 bits per heavy atom. The number of likely N-dealkylation sites (tertiary alicyclic amines) is 1. The zero-order valence-electron chi connectivity index (χ0n) is 14.8. The van der Waals surface area contributed by atoms with Gasteiger partial charge in [-0.1, -0.05) is 36.8 Å². The van der Waals surface area contributed by atoms with Crippen molar-refractivity contribution in [2.45, 2.75) is 38.1 Å². The van der Waals surface area contributed by atoms with Gasteiger partial charge in [0.1, 0.15) is 0 Å². The third-order valence-corrected chi connectivity index (χ3v) is 5.12. The van der Waals surface area contributed by atoms with Crippen LogP contribution in [0.2, 0.25) is 0 Å². The first kappa shape index (κ1) is 22.2. The van der Waals surface area contributed by atoms with E-state index in [0.29, 0.717) is 5.92 Å². The third kappa shape index (κ3) is 7.14. The van der Waals surface area contributed by atoms with Gasteiger partial charge < -0.3 is 15.5 Å². The zero-order valence-corrected chi connectivity index (χ0v) is 16.4. The van der Waals surface area contributed by atoms with Gasteiger partial charge in [-0.3, -0.25) is 4.79 Å². The second-order valence-electron chi connectivity index (χ2n) is 6.94. The van der Waals surface area contributed by atoms with Gasteiger partial charge in [0.2, 0.25) is 5.91 Å². The number of nitrogens with one attached hydrogen (secondary N) is 2. The van der Waals surface area contributed by atoms with E-state index in [0.717, 1.165) is 45.6 Å². The molecule has 0 aliphatic carbocycles. The summed E-state index contributed by atoms with van der Waals surface area (Å²) in [7, 11) is 0. The van der Waals surface area contributed by atoms with E-state index in [9.17, 15) is 4.79 Å². The summed E-state index contributed by atoms with van der Waals surface area (Å²) in [4.78, 5) is 14.7. The fourth-order valence-electron chi connectivity index (χ4n) is 3.66. The summed E-state index contributed by atoms with van der Waals surface area (Å²) in [5, 5.41) is 6.48. The Morgan fingerprint density at radius 3 is 2.68 bits per heavy atom. The van der Waals surface area contributed by atoms with Crippen molar-refractivity contribution in [2.24, 2.45) is 5.92 Å². The number of hydrogen-bond acceptors (Lipinski definition) is 3. The molecule has 1 aromatic carbocycles. The summed E-state index contributed by atoms with van der Waals surface area (Å²) in [6, 6.07) is 10.7. The average molecular weight is 388 g/mol. The smallest absolute Gasteiger partial charge is 0.237 e. The zero-order chi connectivity index (χ0) is 15.9. The summed E-state index contributed by atoms with van der Waals surface area (Å²) < 4.78 is 0. The molecule has 2 atom stereocenters. The predicted molar refractivity (Wildman–Crippen MR) is 108 cm³/mol. The molecule has 0 bridgehead atoms. The van der Waals surface area contributed by atoms with Crippen molar-refractivity contribution in [3.63, 3.8) is 0 Å². The molecular weight excluding hydrogens is 357 g/mol. The molecule has 2 aliphatic rings. The summed E-state index contributed by atoms with van der Waals surface area (Å²) in [5.74, 6) is 0.811. The molecule has 0 spiro atoms. The predicted octanol–water partition coefficient (Wildman–Crippen LogP) is 2.65. The van der Waals surface area contributed by atoms with Gasteiger partial charge in [-0.15, -0.1) is 24.8 Å². The van der Waals surface area contributed by atoms with Crippen LogP contribution in [-0.4, -0.2) is 49.6 Å². The minimum absolute atomic E-state index is 0. The lowest BCUT2D eigenvalue weighted by Gasteiger charge is -2.23. The highest BCUT2D eigenvalue weighted by molar-refractivity contribution is 5.85. The van der Waals surface area contributed by atoms with Crippen molar-refractivity contribution in [1.29, 1.82) is 0 Å². The molecule has 0 saturated carbocycles. The van der Waals surface area contributed by atoms with E-state index in [-0.39, 0.29) is 36.8 Å². The van der Waals surface area contributed by atoms with Crippen LogP contribution in [0.4, 0.5) is 0 Å². The third-order valence-electron chi connectivity index (χ3n) is 5.12. The van der Waals surface area contributed by atoms with Crippen LogP contribution in [-0.2, 0) is 11.2 Å². The van der Waals surface area contributed by atoms with Gasteiger partial charge in [-0.2, -0.15) is 0 Å². The molecular formula is C19H31Cl2N3O. The minimum Gasteiger partial charge on any atom is -0.354 e. The highest BCUT2D eigenvalue weighted by atomic mass is 35.5. The standard InChI is InChI=1S/C19H29N3O.2ClH/c23-19(18-8-4-5-11-20-18)21-14-17-10-13-22(15-17)12-9-16-6-2-1-3-7-16;;/h1-3,6-7,17-18,20H,4-5,8-15H2,(H,21,23);2*1H/t17?,18-;;/m1../s1. The second kappa shape index (κ2) is 11.7. The molecule has 1 amide bonds. The molecule has 0 radical (unpaired) electrons. The van der Waals surface area contributed by atoms with Crippen LogP contribution < -0.4 is 10.6 Å². The van der Waals surface area contributed by atoms with E-state index in [1.165, 1.54) is 24.8 Å². The summed E-state index contributed by atoms with van der Waals surface area (Å²) >= 11 is 0. The molecule has 3 rings (SSSR count). The molecule has 2 saturated heterocycles. The number of halogens is 2. The normalized spacial score (nSPS) is 23.4. The maximum atomic E-state index is 12.2. The number of rotatable bonds is 6. The number of piperidine rings is 1. The van der Waals surface area contributed by atoms with Crippen molar-refractivity contribution in [2.75, 3.05) is 32.7 Å². The fraction of sp³-hybridized carbons (Fsp3) is 0.632. The molecule has 0 aromatic heterocycles. The van der Waals surface area contributed by atoms with Crippen LogP contribution in [0.1, 0.15) is 31.2 Å². The van der Waals surface area contributed by atoms with E-state index in [1.54, 1.807) is 0 Å². The lowest BCUT2D eigenvalue weighted by Crippen LogP contribution is -2.47. The van der Waals surface area contributed by atoms with Gasteiger partial charge in [-0.05, 0) is 50.3 Å². The first-order chi connectivity index (χ1) is 11.3. The molecule has 6 heteroatoms. The largest absolute Gasteiger partial charge is 0.354 e. The molecule has 2 fully saturated rings. The first-order valence-corrected chi connectivity index (χ1v) is 9.08.